The van der Waals surface area contributed by atoms with Gasteiger partial charge in [-0.3, -0.25) is 0 Å². The molecule has 0 saturated heterocycles. The molecule has 1 aromatic carbocycles. The summed E-state index contributed by atoms with van der Waals surface area (Å²) in [6.45, 7) is 3.88. The van der Waals surface area contributed by atoms with Crippen molar-refractivity contribution in [2.75, 3.05) is 0 Å². The summed E-state index contributed by atoms with van der Waals surface area (Å²) in [6.07, 6.45) is 0. The van der Waals surface area contributed by atoms with Crippen LogP contribution in [0, 0.1) is 36.5 Å². The largest absolute Gasteiger partial charge is 0.317 e. The Morgan fingerprint density at radius 1 is 1.00 bits per heavy atom. The van der Waals surface area contributed by atoms with Crippen LogP contribution in [0.3, 0.4) is 0 Å². The molecule has 0 bridgehead atoms. The molecule has 1 aromatic heterocycles. The third-order valence-electron chi connectivity index (χ3n) is 2.81. The van der Waals surface area contributed by atoms with Gasteiger partial charge < -0.3 is 4.57 Å². The fourth-order valence-corrected chi connectivity index (χ4v) is 1.96. The van der Waals surface area contributed by atoms with Gasteiger partial charge in [-0.2, -0.15) is 10.5 Å². The summed E-state index contributed by atoms with van der Waals surface area (Å²) in [5.74, 6) is 0. The Morgan fingerprint density at radius 3 is 2.12 bits per heavy atom. The highest BCUT2D eigenvalue weighted by Gasteiger charge is 2.09. The normalized spacial score (nSPS) is 9.65. The highest BCUT2D eigenvalue weighted by atomic mass is 15.0. The standard InChI is InChI=1S/C14H11N3/c1-10-7-13(9-16)11(2)17(10)14-5-3-12(8-15)4-6-14/h3-7H,1-2H3. The van der Waals surface area contributed by atoms with Gasteiger partial charge in [0.2, 0.25) is 0 Å². The van der Waals surface area contributed by atoms with Gasteiger partial charge in [-0.25, -0.2) is 0 Å². The van der Waals surface area contributed by atoms with Gasteiger partial charge in [-0.1, -0.05) is 0 Å². The Labute approximate surface area is 100 Å². The summed E-state index contributed by atoms with van der Waals surface area (Å²) < 4.78 is 2.01. The van der Waals surface area contributed by atoms with Crippen molar-refractivity contribution in [3.05, 3.63) is 52.8 Å². The van der Waals surface area contributed by atoms with Gasteiger partial charge in [0.1, 0.15) is 6.07 Å². The molecule has 2 rings (SSSR count). The van der Waals surface area contributed by atoms with Crippen molar-refractivity contribution in [3.8, 4) is 17.8 Å². The van der Waals surface area contributed by atoms with E-state index in [4.69, 9.17) is 10.5 Å². The first-order valence-corrected chi connectivity index (χ1v) is 5.27. The molecule has 17 heavy (non-hydrogen) atoms. The maximum Gasteiger partial charge on any atom is 0.101 e. The Morgan fingerprint density at radius 2 is 1.65 bits per heavy atom. The van der Waals surface area contributed by atoms with Crippen LogP contribution in [-0.2, 0) is 0 Å². The quantitative estimate of drug-likeness (QED) is 0.743. The average molecular weight is 221 g/mol. The summed E-state index contributed by atoms with van der Waals surface area (Å²) in [5.41, 5.74) is 4.24. The zero-order valence-electron chi connectivity index (χ0n) is 9.73. The minimum atomic E-state index is 0.636. The molecule has 0 fully saturated rings. The molecule has 0 spiro atoms. The molecule has 0 saturated carbocycles. The van der Waals surface area contributed by atoms with E-state index in [0.29, 0.717) is 11.1 Å². The lowest BCUT2D eigenvalue weighted by Crippen LogP contribution is -1.98. The van der Waals surface area contributed by atoms with E-state index in [2.05, 4.69) is 12.1 Å². The second-order valence-electron chi connectivity index (χ2n) is 3.89. The van der Waals surface area contributed by atoms with Crippen LogP contribution in [0.4, 0.5) is 0 Å². The van der Waals surface area contributed by atoms with Gasteiger partial charge in [0.05, 0.1) is 17.2 Å². The van der Waals surface area contributed by atoms with Gasteiger partial charge in [0.25, 0.3) is 0 Å². The zero-order valence-corrected chi connectivity index (χ0v) is 9.73. The highest BCUT2D eigenvalue weighted by molar-refractivity contribution is 5.47. The van der Waals surface area contributed by atoms with E-state index in [1.165, 1.54) is 0 Å². The molecule has 0 radical (unpaired) electrons. The Balaban J connectivity index is 2.58. The van der Waals surface area contributed by atoms with Gasteiger partial charge in [0, 0.05) is 17.1 Å². The third kappa shape index (κ3) is 1.79. The molecule has 0 atom stereocenters. The van der Waals surface area contributed by atoms with E-state index < -0.39 is 0 Å². The van der Waals surface area contributed by atoms with Crippen LogP contribution in [0.15, 0.2) is 30.3 Å². The summed E-state index contributed by atoms with van der Waals surface area (Å²) in [7, 11) is 0. The fourth-order valence-electron chi connectivity index (χ4n) is 1.96. The lowest BCUT2D eigenvalue weighted by Gasteiger charge is -2.09. The molecule has 0 unspecified atom stereocenters. The molecule has 0 aliphatic rings. The summed E-state index contributed by atoms with van der Waals surface area (Å²) in [5, 5.41) is 17.7. The molecular formula is C14H11N3. The van der Waals surface area contributed by atoms with E-state index in [9.17, 15) is 0 Å². The highest BCUT2D eigenvalue weighted by Crippen LogP contribution is 2.20. The van der Waals surface area contributed by atoms with E-state index in [1.54, 1.807) is 12.1 Å². The molecule has 3 nitrogen and oxygen atoms in total. The number of hydrogen-bond donors (Lipinski definition) is 0. The van der Waals surface area contributed by atoms with Crippen LogP contribution in [-0.4, -0.2) is 4.57 Å². The zero-order chi connectivity index (χ0) is 12.4. The van der Waals surface area contributed by atoms with Crippen molar-refractivity contribution in [2.45, 2.75) is 13.8 Å². The van der Waals surface area contributed by atoms with Crippen molar-refractivity contribution in [1.29, 1.82) is 10.5 Å². The SMILES string of the molecule is Cc1cc(C#N)c(C)n1-c1ccc(C#N)cc1. The molecule has 2 aromatic rings. The smallest absolute Gasteiger partial charge is 0.101 e. The Hall–Kier alpha value is -2.52. The maximum atomic E-state index is 8.98. The molecule has 0 aliphatic carbocycles. The van der Waals surface area contributed by atoms with Crippen LogP contribution >= 0.6 is 0 Å². The molecule has 1 heterocycles. The predicted molar refractivity (Wildman–Crippen MR) is 64.7 cm³/mol. The monoisotopic (exact) mass is 221 g/mol. The first-order chi connectivity index (χ1) is 8.17. The van der Waals surface area contributed by atoms with Crippen molar-refractivity contribution in [3.63, 3.8) is 0 Å². The van der Waals surface area contributed by atoms with Gasteiger partial charge in [0.15, 0.2) is 0 Å². The van der Waals surface area contributed by atoms with E-state index in [1.807, 2.05) is 36.6 Å². The fraction of sp³-hybridized carbons (Fsp3) is 0.143. The number of rotatable bonds is 1. The summed E-state index contributed by atoms with van der Waals surface area (Å²) >= 11 is 0. The molecule has 0 aliphatic heterocycles. The maximum absolute atomic E-state index is 8.98. The number of aryl methyl sites for hydroxylation is 1. The minimum Gasteiger partial charge on any atom is -0.317 e. The first-order valence-electron chi connectivity index (χ1n) is 5.27. The molecule has 0 N–H and O–H groups in total. The summed E-state index contributed by atoms with van der Waals surface area (Å²) in [4.78, 5) is 0. The average Bonchev–Trinajstić information content (AvgIpc) is 2.64. The number of aromatic nitrogens is 1. The van der Waals surface area contributed by atoms with Crippen LogP contribution in [0.5, 0.6) is 0 Å². The molecule has 82 valence electrons. The van der Waals surface area contributed by atoms with Gasteiger partial charge >= 0.3 is 0 Å². The Bertz CT molecular complexity index is 634. The van der Waals surface area contributed by atoms with E-state index in [0.717, 1.165) is 17.1 Å². The lowest BCUT2D eigenvalue weighted by atomic mass is 10.2. The Kier molecular flexibility index (Phi) is 2.68. The minimum absolute atomic E-state index is 0.636. The van der Waals surface area contributed by atoms with Crippen molar-refractivity contribution < 1.29 is 0 Å². The third-order valence-corrected chi connectivity index (χ3v) is 2.81. The first kappa shape index (κ1) is 11.0. The summed E-state index contributed by atoms with van der Waals surface area (Å²) in [6, 6.07) is 13.5. The van der Waals surface area contributed by atoms with Crippen LogP contribution in [0.2, 0.25) is 0 Å². The number of hydrogen-bond acceptors (Lipinski definition) is 2. The molecule has 0 amide bonds. The lowest BCUT2D eigenvalue weighted by molar-refractivity contribution is 0.963. The van der Waals surface area contributed by atoms with Crippen molar-refractivity contribution in [2.24, 2.45) is 0 Å². The van der Waals surface area contributed by atoms with Crippen molar-refractivity contribution >= 4 is 0 Å². The van der Waals surface area contributed by atoms with E-state index in [-0.39, 0.29) is 0 Å². The second kappa shape index (κ2) is 4.15. The number of nitriles is 2. The predicted octanol–water partition coefficient (Wildman–Crippen LogP) is 2.84. The topological polar surface area (TPSA) is 52.5 Å². The van der Waals surface area contributed by atoms with Crippen LogP contribution < -0.4 is 0 Å². The molecule has 3 heteroatoms. The van der Waals surface area contributed by atoms with Crippen LogP contribution in [0.25, 0.3) is 5.69 Å². The second-order valence-corrected chi connectivity index (χ2v) is 3.89. The van der Waals surface area contributed by atoms with Gasteiger partial charge in [-0.15, -0.1) is 0 Å². The van der Waals surface area contributed by atoms with Gasteiger partial charge in [-0.05, 0) is 44.2 Å². The number of benzene rings is 1. The number of nitrogens with zero attached hydrogens (tertiary/aromatic N) is 3. The molecular weight excluding hydrogens is 210 g/mol. The van der Waals surface area contributed by atoms with E-state index >= 15 is 0 Å². The van der Waals surface area contributed by atoms with Crippen LogP contribution in [0.1, 0.15) is 22.5 Å². The van der Waals surface area contributed by atoms with Crippen molar-refractivity contribution in [1.82, 2.24) is 4.57 Å².